The van der Waals surface area contributed by atoms with Crippen molar-refractivity contribution in [3.8, 4) is 79.6 Å². The van der Waals surface area contributed by atoms with Crippen LogP contribution in [0.15, 0.2) is 144 Å². The van der Waals surface area contributed by atoms with E-state index in [1.807, 2.05) is 54.6 Å². The van der Waals surface area contributed by atoms with E-state index in [0.29, 0.717) is 46.0 Å². The first-order valence-electron chi connectivity index (χ1n) is 23.2. The molecule has 8 aromatic carbocycles. The summed E-state index contributed by atoms with van der Waals surface area (Å²) in [6, 6.07) is 49.1. The number of benzene rings is 8. The highest BCUT2D eigenvalue weighted by molar-refractivity contribution is 7.00. The van der Waals surface area contributed by atoms with Crippen LogP contribution in [0, 0.1) is 0 Å². The van der Waals surface area contributed by atoms with Crippen LogP contribution in [0.25, 0.3) is 44.5 Å². The predicted molar refractivity (Wildman–Crippen MR) is 263 cm³/mol. The van der Waals surface area contributed by atoms with Crippen LogP contribution in [0.4, 0.5) is 34.1 Å². The highest BCUT2D eigenvalue weighted by Crippen LogP contribution is 2.58. The minimum Gasteiger partial charge on any atom is -0.456 e. The van der Waals surface area contributed by atoms with Gasteiger partial charge in [0, 0.05) is 27.7 Å². The molecule has 69 heavy (non-hydrogen) atoms. The number of furan rings is 1. The van der Waals surface area contributed by atoms with Gasteiger partial charge in [0.05, 0.1) is 22.7 Å². The van der Waals surface area contributed by atoms with Gasteiger partial charge in [-0.2, -0.15) is 0 Å². The molecule has 0 unspecified atom stereocenters. The molecule has 1 aliphatic carbocycles. The van der Waals surface area contributed by atoms with Crippen molar-refractivity contribution >= 4 is 68.2 Å². The van der Waals surface area contributed by atoms with E-state index in [2.05, 4.69) is 109 Å². The summed E-state index contributed by atoms with van der Waals surface area (Å²) in [5.41, 5.74) is 17.0. The van der Waals surface area contributed by atoms with Crippen LogP contribution < -0.4 is 64.1 Å². The largest absolute Gasteiger partial charge is 0.456 e. The zero-order chi connectivity index (χ0) is 45.3. The van der Waals surface area contributed by atoms with Crippen LogP contribution in [0.3, 0.4) is 0 Å². The molecule has 0 fully saturated rings. The summed E-state index contributed by atoms with van der Waals surface area (Å²) >= 11 is 0. The van der Waals surface area contributed by atoms with Gasteiger partial charge in [-0.05, 0) is 123 Å². The predicted octanol–water partition coefficient (Wildman–Crippen LogP) is 11.1. The smallest absolute Gasteiger partial charge is 0.252 e. The average molecular weight is 905 g/mol. The monoisotopic (exact) mass is 904 g/mol. The zero-order valence-corrected chi connectivity index (χ0v) is 37.3. The van der Waals surface area contributed by atoms with E-state index < -0.39 is 0 Å². The Kier molecular flexibility index (Phi) is 7.21. The molecule has 0 saturated heterocycles. The van der Waals surface area contributed by atoms with Gasteiger partial charge in [-0.15, -0.1) is 0 Å². The number of para-hydroxylation sites is 3. The molecule has 0 bridgehead atoms. The Morgan fingerprint density at radius 2 is 0.957 bits per heavy atom. The standard InChI is InChI=1S/C57H37BN2O9/c1-57(2)36-21-30(13-15-34(36)35-16-14-32(22-37(35)57)49-25-31-7-3-4-10-44(31)69-49)33-23-42-50-43(24-33)60(41-9-6-12-46-54(41)66-27-62-46)52-39(18-20-48-56(52)68-29-64-48)58(50)38-17-19-47-55(67-28-63-47)51(38)59(42)40-8-5-11-45-53(40)65-26-61-45/h3-25H,26-29H2,1-2H3. The summed E-state index contributed by atoms with van der Waals surface area (Å²) in [6.07, 6.45) is 0. The van der Waals surface area contributed by atoms with E-state index in [9.17, 15) is 0 Å². The van der Waals surface area contributed by atoms with Crippen molar-refractivity contribution in [3.05, 3.63) is 151 Å². The maximum Gasteiger partial charge on any atom is 0.252 e. The molecule has 7 aliphatic rings. The summed E-state index contributed by atoms with van der Waals surface area (Å²) in [5.74, 6) is 6.18. The highest BCUT2D eigenvalue weighted by Gasteiger charge is 2.49. The van der Waals surface area contributed by atoms with E-state index in [1.165, 1.54) is 22.3 Å². The van der Waals surface area contributed by atoms with Crippen LogP contribution in [0.2, 0.25) is 0 Å². The van der Waals surface area contributed by atoms with Crippen LogP contribution in [-0.4, -0.2) is 33.9 Å². The molecule has 0 radical (unpaired) electrons. The first-order chi connectivity index (χ1) is 34.0. The van der Waals surface area contributed by atoms with Gasteiger partial charge in [-0.25, -0.2) is 0 Å². The molecule has 7 heterocycles. The van der Waals surface area contributed by atoms with Crippen LogP contribution in [-0.2, 0) is 5.41 Å². The van der Waals surface area contributed by atoms with E-state index in [-0.39, 0.29) is 39.3 Å². The number of anilines is 6. The van der Waals surface area contributed by atoms with E-state index in [0.717, 1.165) is 83.9 Å². The molecule has 332 valence electrons. The molecule has 0 amide bonds. The molecular weight excluding hydrogens is 867 g/mol. The van der Waals surface area contributed by atoms with Gasteiger partial charge in [0.1, 0.15) is 11.3 Å². The van der Waals surface area contributed by atoms with Crippen molar-refractivity contribution in [2.75, 3.05) is 37.0 Å². The summed E-state index contributed by atoms with van der Waals surface area (Å²) in [5, 5.41) is 1.09. The van der Waals surface area contributed by atoms with Gasteiger partial charge in [-0.1, -0.05) is 80.6 Å². The normalized spacial score (nSPS) is 16.1. The van der Waals surface area contributed by atoms with Gasteiger partial charge in [0.15, 0.2) is 46.0 Å². The number of nitrogens with zero attached hydrogens (tertiary/aromatic N) is 2. The number of hydrogen-bond donors (Lipinski definition) is 0. The Morgan fingerprint density at radius 1 is 0.435 bits per heavy atom. The van der Waals surface area contributed by atoms with Gasteiger partial charge < -0.3 is 52.1 Å². The Hall–Kier alpha value is -8.64. The van der Waals surface area contributed by atoms with Crippen molar-refractivity contribution in [1.29, 1.82) is 0 Å². The van der Waals surface area contributed by atoms with Crippen molar-refractivity contribution < 1.29 is 42.3 Å². The molecule has 6 aliphatic heterocycles. The first-order valence-corrected chi connectivity index (χ1v) is 23.2. The third-order valence-corrected chi connectivity index (χ3v) is 15.0. The van der Waals surface area contributed by atoms with Crippen LogP contribution in [0.5, 0.6) is 46.0 Å². The van der Waals surface area contributed by atoms with Crippen molar-refractivity contribution in [3.63, 3.8) is 0 Å². The molecule has 1 aromatic heterocycles. The van der Waals surface area contributed by atoms with Gasteiger partial charge in [0.25, 0.3) is 6.71 Å². The number of fused-ring (bicyclic) bond motifs is 14. The Balaban J connectivity index is 0.960. The zero-order valence-electron chi connectivity index (χ0n) is 37.3. The van der Waals surface area contributed by atoms with E-state index in [1.54, 1.807) is 0 Å². The highest BCUT2D eigenvalue weighted by atomic mass is 16.7. The van der Waals surface area contributed by atoms with Gasteiger partial charge in [-0.3, -0.25) is 0 Å². The maximum atomic E-state index is 6.47. The molecule has 0 atom stereocenters. The maximum absolute atomic E-state index is 6.47. The van der Waals surface area contributed by atoms with Gasteiger partial charge >= 0.3 is 0 Å². The molecular formula is C57H37BN2O9. The van der Waals surface area contributed by atoms with Gasteiger partial charge in [0.2, 0.25) is 27.2 Å². The Bertz CT molecular complexity index is 3610. The second-order valence-corrected chi connectivity index (χ2v) is 18.8. The molecule has 16 rings (SSSR count). The first kappa shape index (κ1) is 37.5. The van der Waals surface area contributed by atoms with E-state index in [4.69, 9.17) is 42.3 Å². The summed E-state index contributed by atoms with van der Waals surface area (Å²) in [6.45, 7) is 4.81. The van der Waals surface area contributed by atoms with Crippen LogP contribution >= 0.6 is 0 Å². The topological polar surface area (TPSA) is 93.5 Å². The second-order valence-electron chi connectivity index (χ2n) is 18.8. The number of hydrogen-bond acceptors (Lipinski definition) is 11. The summed E-state index contributed by atoms with van der Waals surface area (Å²) < 4.78 is 56.3. The number of ether oxygens (including phenoxy) is 8. The minimum absolute atomic E-state index is 0.103. The number of rotatable bonds is 4. The third-order valence-electron chi connectivity index (χ3n) is 15.0. The van der Waals surface area contributed by atoms with Crippen molar-refractivity contribution in [2.45, 2.75) is 19.3 Å². The molecule has 11 nitrogen and oxygen atoms in total. The second kappa shape index (κ2) is 13.3. The molecule has 9 aromatic rings. The van der Waals surface area contributed by atoms with Crippen molar-refractivity contribution in [1.82, 2.24) is 0 Å². The molecule has 0 saturated carbocycles. The van der Waals surface area contributed by atoms with Crippen molar-refractivity contribution in [2.24, 2.45) is 0 Å². The molecule has 12 heteroatoms. The van der Waals surface area contributed by atoms with Crippen LogP contribution in [0.1, 0.15) is 25.0 Å². The molecule has 0 spiro atoms. The lowest BCUT2D eigenvalue weighted by molar-refractivity contribution is 0.173. The quantitative estimate of drug-likeness (QED) is 0.158. The summed E-state index contributed by atoms with van der Waals surface area (Å²) in [4.78, 5) is 4.57. The fourth-order valence-electron chi connectivity index (χ4n) is 11.9. The lowest BCUT2D eigenvalue weighted by atomic mass is 9.33. The Labute approximate surface area is 395 Å². The minimum atomic E-state index is -0.328. The SMILES string of the molecule is CC1(C)c2cc(-c3cc4c5c(c3)N(c3cccc6c3OCO6)c3c(ccc6c3OCO6)B5c3ccc5c(c3N4c3cccc4c3OCO4)OCO5)ccc2-c2ccc(-c3cc4ccccc4o3)cc21. The third kappa shape index (κ3) is 4.96. The van der Waals surface area contributed by atoms with E-state index >= 15 is 0 Å². The molecule has 0 N–H and O–H groups in total. The fraction of sp³-hybridized carbons (Fsp3) is 0.123. The summed E-state index contributed by atoms with van der Waals surface area (Å²) in [7, 11) is 0. The fourth-order valence-corrected chi connectivity index (χ4v) is 11.9. The Morgan fingerprint density at radius 3 is 1.54 bits per heavy atom. The lowest BCUT2D eigenvalue weighted by Gasteiger charge is -2.44. The average Bonchev–Trinajstić information content (AvgIpc) is 4.25. The lowest BCUT2D eigenvalue weighted by Crippen LogP contribution is -2.61.